The molecule has 0 saturated heterocycles. The fraction of sp³-hybridized carbons (Fsp3) is 0.467. The van der Waals surface area contributed by atoms with Crippen LogP contribution in [-0.4, -0.2) is 51.5 Å². The molecule has 0 aliphatic rings. The van der Waals surface area contributed by atoms with E-state index in [1.54, 1.807) is 19.1 Å². The maximum Gasteiger partial charge on any atom is 0.341 e. The van der Waals surface area contributed by atoms with Crippen LogP contribution < -0.4 is 9.47 Å². The Morgan fingerprint density at radius 3 is 2.52 bits per heavy atom. The van der Waals surface area contributed by atoms with Crippen LogP contribution in [0.2, 0.25) is 0 Å². The molecule has 1 rings (SSSR count). The maximum absolute atomic E-state index is 11.0. The molecule has 3 N–H and O–H groups in total. The number of hydrogen-bond donors (Lipinski definition) is 3. The summed E-state index contributed by atoms with van der Waals surface area (Å²) in [5.74, 6) is -0.828. The third-order valence-corrected chi connectivity index (χ3v) is 3.70. The number of carbonyl (C=O) groups excluding carboxylic acids is 1. The second-order valence-corrected chi connectivity index (χ2v) is 5.80. The smallest absolute Gasteiger partial charge is 0.341 e. The minimum Gasteiger partial charge on any atom is -0.490 e. The molecule has 8 heteroatoms. The number of para-hydroxylation sites is 1. The van der Waals surface area contributed by atoms with Crippen LogP contribution in [0.1, 0.15) is 25.5 Å². The van der Waals surface area contributed by atoms with Gasteiger partial charge in [0.15, 0.2) is 23.2 Å². The summed E-state index contributed by atoms with van der Waals surface area (Å²) in [5.41, 5.74) is 0.203. The van der Waals surface area contributed by atoms with Gasteiger partial charge in [-0.2, -0.15) is 0 Å². The average Bonchev–Trinajstić information content (AvgIpc) is 2.50. The minimum atomic E-state index is -1.34. The van der Waals surface area contributed by atoms with E-state index in [0.717, 1.165) is 11.8 Å². The van der Waals surface area contributed by atoms with Crippen molar-refractivity contribution in [3.63, 3.8) is 0 Å². The van der Waals surface area contributed by atoms with Gasteiger partial charge in [0, 0.05) is 18.2 Å². The zero-order chi connectivity index (χ0) is 17.4. The van der Waals surface area contributed by atoms with E-state index in [0.29, 0.717) is 6.61 Å². The van der Waals surface area contributed by atoms with Gasteiger partial charge >= 0.3 is 5.97 Å². The fourth-order valence-electron chi connectivity index (χ4n) is 1.82. The van der Waals surface area contributed by atoms with E-state index in [1.807, 2.05) is 0 Å². The Morgan fingerprint density at radius 2 is 1.96 bits per heavy atom. The average molecular weight is 344 g/mol. The molecule has 2 unspecified atom stereocenters. The van der Waals surface area contributed by atoms with Crippen molar-refractivity contribution in [1.82, 2.24) is 0 Å². The van der Waals surface area contributed by atoms with Gasteiger partial charge in [-0.25, -0.2) is 4.79 Å². The van der Waals surface area contributed by atoms with E-state index < -0.39 is 24.8 Å². The second kappa shape index (κ2) is 9.39. The Balaban J connectivity index is 3.04. The Morgan fingerprint density at radius 1 is 1.26 bits per heavy atom. The first-order chi connectivity index (χ1) is 10.9. The molecule has 128 valence electrons. The maximum atomic E-state index is 11.0. The second-order valence-electron chi connectivity index (χ2n) is 4.60. The van der Waals surface area contributed by atoms with Gasteiger partial charge in [0.2, 0.25) is 0 Å². The number of thioether (sulfide) groups is 1. The highest BCUT2D eigenvalue weighted by molar-refractivity contribution is 8.13. The van der Waals surface area contributed by atoms with Gasteiger partial charge in [-0.3, -0.25) is 4.79 Å². The number of ether oxygens (including phenoxy) is 2. The molecule has 1 aromatic rings. The Bertz CT molecular complexity index is 547. The third kappa shape index (κ3) is 6.09. The van der Waals surface area contributed by atoms with Gasteiger partial charge in [-0.15, -0.1) is 0 Å². The Kier molecular flexibility index (Phi) is 7.87. The van der Waals surface area contributed by atoms with Crippen molar-refractivity contribution in [1.29, 1.82) is 0 Å². The lowest BCUT2D eigenvalue weighted by molar-refractivity contribution is -0.139. The summed E-state index contributed by atoms with van der Waals surface area (Å²) in [5, 5.41) is 28.9. The number of hydrogen-bond acceptors (Lipinski definition) is 7. The summed E-state index contributed by atoms with van der Waals surface area (Å²) in [6.07, 6.45) is -2.56. The molecular weight excluding hydrogens is 324 g/mol. The number of aliphatic hydroxyl groups is 2. The largest absolute Gasteiger partial charge is 0.490 e. The molecule has 0 spiro atoms. The number of benzene rings is 1. The molecule has 0 aliphatic carbocycles. The molecule has 2 atom stereocenters. The van der Waals surface area contributed by atoms with Crippen molar-refractivity contribution in [3.05, 3.63) is 23.8 Å². The van der Waals surface area contributed by atoms with Crippen LogP contribution in [0, 0.1) is 0 Å². The summed E-state index contributed by atoms with van der Waals surface area (Å²) in [7, 11) is 0. The van der Waals surface area contributed by atoms with Crippen LogP contribution in [0.5, 0.6) is 11.5 Å². The van der Waals surface area contributed by atoms with Gasteiger partial charge < -0.3 is 24.8 Å². The minimum absolute atomic E-state index is 0.00767. The Hall–Kier alpha value is -1.77. The van der Waals surface area contributed by atoms with Gasteiger partial charge in [0.1, 0.15) is 6.10 Å². The third-order valence-electron chi connectivity index (χ3n) is 2.79. The quantitative estimate of drug-likeness (QED) is 0.613. The van der Waals surface area contributed by atoms with E-state index >= 15 is 0 Å². The van der Waals surface area contributed by atoms with E-state index in [-0.39, 0.29) is 27.9 Å². The van der Waals surface area contributed by atoms with Crippen LogP contribution in [-0.2, 0) is 9.59 Å². The number of carbonyl (C=O) groups is 2. The first-order valence-corrected chi connectivity index (χ1v) is 7.95. The van der Waals surface area contributed by atoms with Crippen LogP contribution in [0.4, 0.5) is 0 Å². The van der Waals surface area contributed by atoms with Crippen molar-refractivity contribution in [3.8, 4) is 11.5 Å². The topological polar surface area (TPSA) is 113 Å². The number of carboxylic acid groups (broad SMARTS) is 1. The summed E-state index contributed by atoms with van der Waals surface area (Å²) in [6, 6.07) is 4.68. The first kappa shape index (κ1) is 19.3. The van der Waals surface area contributed by atoms with Crippen molar-refractivity contribution in [2.75, 3.05) is 19.0 Å². The van der Waals surface area contributed by atoms with Gasteiger partial charge in [-0.05, 0) is 13.0 Å². The van der Waals surface area contributed by atoms with Crippen molar-refractivity contribution in [2.45, 2.75) is 26.1 Å². The molecular formula is C15H20O7S. The highest BCUT2D eigenvalue weighted by Crippen LogP contribution is 2.36. The molecule has 7 nitrogen and oxygen atoms in total. The molecule has 0 aliphatic heterocycles. The van der Waals surface area contributed by atoms with Crippen LogP contribution >= 0.6 is 11.8 Å². The number of aliphatic hydroxyl groups excluding tert-OH is 2. The summed E-state index contributed by atoms with van der Waals surface area (Å²) >= 11 is 0.886. The van der Waals surface area contributed by atoms with Gasteiger partial charge in [-0.1, -0.05) is 23.9 Å². The predicted octanol–water partition coefficient (Wildman–Crippen LogP) is 1.22. The monoisotopic (exact) mass is 344 g/mol. The summed E-state index contributed by atoms with van der Waals surface area (Å²) < 4.78 is 10.6. The predicted molar refractivity (Wildman–Crippen MR) is 84.8 cm³/mol. The van der Waals surface area contributed by atoms with Crippen molar-refractivity contribution < 1.29 is 34.4 Å². The van der Waals surface area contributed by atoms with Crippen LogP contribution in [0.25, 0.3) is 0 Å². The molecule has 1 aromatic carbocycles. The first-order valence-electron chi connectivity index (χ1n) is 6.96. The molecule has 0 saturated carbocycles. The zero-order valence-electron chi connectivity index (χ0n) is 12.9. The molecule has 0 radical (unpaired) electrons. The van der Waals surface area contributed by atoms with Crippen molar-refractivity contribution in [2.24, 2.45) is 0 Å². The molecule has 0 fully saturated rings. The molecule has 0 amide bonds. The summed E-state index contributed by atoms with van der Waals surface area (Å²) in [6.45, 7) is 2.83. The molecule has 23 heavy (non-hydrogen) atoms. The SMILES string of the molecule is CCOc1cccc(C(O)C(O)CSC(C)=O)c1OCC(=O)O. The summed E-state index contributed by atoms with van der Waals surface area (Å²) in [4.78, 5) is 21.7. The Labute approximate surface area is 138 Å². The highest BCUT2D eigenvalue weighted by atomic mass is 32.2. The lowest BCUT2D eigenvalue weighted by atomic mass is 10.0. The van der Waals surface area contributed by atoms with E-state index in [1.165, 1.54) is 13.0 Å². The van der Waals surface area contributed by atoms with Gasteiger partial charge in [0.05, 0.1) is 12.7 Å². The zero-order valence-corrected chi connectivity index (χ0v) is 13.7. The lowest BCUT2D eigenvalue weighted by Gasteiger charge is -2.21. The van der Waals surface area contributed by atoms with Crippen LogP contribution in [0.3, 0.4) is 0 Å². The highest BCUT2D eigenvalue weighted by Gasteiger charge is 2.25. The van der Waals surface area contributed by atoms with Crippen LogP contribution in [0.15, 0.2) is 18.2 Å². The number of rotatable bonds is 9. The standard InChI is InChI=1S/C15H20O7S/c1-3-21-12-6-4-5-10(15(12)22-7-13(18)19)14(20)11(17)8-23-9(2)16/h4-6,11,14,17,20H,3,7-8H2,1-2H3,(H,18,19). The lowest BCUT2D eigenvalue weighted by Crippen LogP contribution is -2.23. The van der Waals surface area contributed by atoms with Crippen molar-refractivity contribution >= 4 is 22.8 Å². The normalized spacial score (nSPS) is 13.2. The van der Waals surface area contributed by atoms with E-state index in [4.69, 9.17) is 14.6 Å². The van der Waals surface area contributed by atoms with E-state index in [2.05, 4.69) is 0 Å². The van der Waals surface area contributed by atoms with Gasteiger partial charge in [0.25, 0.3) is 0 Å². The molecule has 0 bridgehead atoms. The molecule has 0 heterocycles. The molecule has 0 aromatic heterocycles. The number of carboxylic acids is 1. The van der Waals surface area contributed by atoms with E-state index in [9.17, 15) is 19.8 Å². The number of aliphatic carboxylic acids is 1. The fourth-order valence-corrected chi connectivity index (χ4v) is 2.41.